The Hall–Kier alpha value is -2.25. The Balaban J connectivity index is 0.00000167. The predicted octanol–water partition coefficient (Wildman–Crippen LogP) is 14.3. The molecule has 0 heterocycles. The average molecular weight is 746 g/mol. The molecular formula is C46H74N2NiO2. The molecule has 0 aliphatic carbocycles. The van der Waals surface area contributed by atoms with E-state index >= 15 is 0 Å². The molecule has 0 atom stereocenters. The van der Waals surface area contributed by atoms with Gasteiger partial charge in [-0.2, -0.15) is 0 Å². The van der Waals surface area contributed by atoms with Crippen molar-refractivity contribution >= 4 is 11.4 Å². The van der Waals surface area contributed by atoms with Gasteiger partial charge in [-0.15, -0.1) is 4.79 Å². The van der Waals surface area contributed by atoms with Crippen LogP contribution in [0.5, 0.6) is 0 Å². The van der Waals surface area contributed by atoms with Crippen molar-refractivity contribution in [1.29, 1.82) is 0 Å². The van der Waals surface area contributed by atoms with Crippen molar-refractivity contribution in [3.8, 4) is 0 Å². The van der Waals surface area contributed by atoms with Crippen LogP contribution in [0.1, 0.15) is 192 Å². The Labute approximate surface area is 321 Å². The summed E-state index contributed by atoms with van der Waals surface area (Å²) in [6.45, 7) is 14.4. The van der Waals surface area contributed by atoms with Gasteiger partial charge in [-0.3, -0.25) is 0 Å². The molecule has 51 heavy (non-hydrogen) atoms. The molecule has 2 aromatic carbocycles. The summed E-state index contributed by atoms with van der Waals surface area (Å²) in [7, 11) is 0. The Morgan fingerprint density at radius 3 is 1.53 bits per heavy atom. The van der Waals surface area contributed by atoms with Crippen LogP contribution in [0.4, 0.5) is 0 Å². The van der Waals surface area contributed by atoms with E-state index < -0.39 is 0 Å². The van der Waals surface area contributed by atoms with E-state index in [4.69, 9.17) is 7.76 Å². The van der Waals surface area contributed by atoms with Crippen LogP contribution in [-0.4, -0.2) is 23.9 Å². The van der Waals surface area contributed by atoms with Gasteiger partial charge in [0.15, 0.2) is 0 Å². The molecule has 2 aromatic rings. The SMILES string of the molecule is CCCCCCCCCCCC(=C=[N+]=[N-])C(CCCCC)=C(c1cccc(CCCC)c1)c1cccc(CCCCCC)c1.CC[O][Ni][O]CC. The van der Waals surface area contributed by atoms with Gasteiger partial charge in [0.25, 0.3) is 0 Å². The van der Waals surface area contributed by atoms with E-state index in [9.17, 15) is 5.53 Å². The molecule has 0 bridgehead atoms. The summed E-state index contributed by atoms with van der Waals surface area (Å²) < 4.78 is 9.58. The van der Waals surface area contributed by atoms with Crippen molar-refractivity contribution in [3.63, 3.8) is 0 Å². The van der Waals surface area contributed by atoms with E-state index in [0.717, 1.165) is 59.2 Å². The minimum absolute atomic E-state index is 0.708. The zero-order chi connectivity index (χ0) is 37.2. The summed E-state index contributed by atoms with van der Waals surface area (Å²) in [4.78, 5) is 3.52. The van der Waals surface area contributed by atoms with E-state index in [1.54, 1.807) is 0 Å². The molecule has 0 unspecified atom stereocenters. The Morgan fingerprint density at radius 1 is 0.569 bits per heavy atom. The van der Waals surface area contributed by atoms with E-state index in [0.29, 0.717) is 13.2 Å². The van der Waals surface area contributed by atoms with Crippen molar-refractivity contribution in [1.82, 2.24) is 0 Å². The summed E-state index contributed by atoms with van der Waals surface area (Å²) in [5.41, 5.74) is 19.0. The predicted molar refractivity (Wildman–Crippen MR) is 217 cm³/mol. The minimum atomic E-state index is 0.708. The van der Waals surface area contributed by atoms with Crippen LogP contribution >= 0.6 is 0 Å². The van der Waals surface area contributed by atoms with Gasteiger partial charge >= 0.3 is 55.8 Å². The maximum atomic E-state index is 9.82. The fourth-order valence-electron chi connectivity index (χ4n) is 6.44. The molecule has 4 nitrogen and oxygen atoms in total. The first kappa shape index (κ1) is 46.8. The molecule has 0 saturated heterocycles. The van der Waals surface area contributed by atoms with Crippen molar-refractivity contribution in [2.45, 2.75) is 183 Å². The number of benzene rings is 2. The summed E-state index contributed by atoms with van der Waals surface area (Å²) >= 11 is 0.899. The third-order valence-electron chi connectivity index (χ3n) is 9.24. The quantitative estimate of drug-likeness (QED) is 0.0208. The number of rotatable bonds is 29. The molecule has 0 fully saturated rings. The van der Waals surface area contributed by atoms with Gasteiger partial charge in [0, 0.05) is 0 Å². The van der Waals surface area contributed by atoms with Crippen LogP contribution < -0.4 is 0 Å². The monoisotopic (exact) mass is 745 g/mol. The number of unbranched alkanes of at least 4 members (excludes halogenated alkanes) is 14. The van der Waals surface area contributed by atoms with Crippen molar-refractivity contribution in [2.24, 2.45) is 0 Å². The molecule has 290 valence electrons. The van der Waals surface area contributed by atoms with E-state index in [-0.39, 0.29) is 0 Å². The molecular weight excluding hydrogens is 671 g/mol. The second kappa shape index (κ2) is 33.6. The van der Waals surface area contributed by atoms with Crippen molar-refractivity contribution in [2.75, 3.05) is 13.2 Å². The first-order valence-corrected chi connectivity index (χ1v) is 21.6. The van der Waals surface area contributed by atoms with Gasteiger partial charge < -0.3 is 5.53 Å². The molecule has 0 radical (unpaired) electrons. The van der Waals surface area contributed by atoms with Gasteiger partial charge in [0.1, 0.15) is 0 Å². The summed E-state index contributed by atoms with van der Waals surface area (Å²) in [6, 6.07) is 18.5. The Kier molecular flexibility index (Phi) is 30.8. The van der Waals surface area contributed by atoms with Crippen LogP contribution in [0.2, 0.25) is 0 Å². The summed E-state index contributed by atoms with van der Waals surface area (Å²) in [6.07, 6.45) is 26.9. The van der Waals surface area contributed by atoms with Crippen LogP contribution in [0, 0.1) is 0 Å². The second-order valence-corrected chi connectivity index (χ2v) is 14.4. The first-order chi connectivity index (χ1) is 25.1. The van der Waals surface area contributed by atoms with Gasteiger partial charge in [0.05, 0.1) is 5.57 Å². The molecule has 0 aromatic heterocycles. The Morgan fingerprint density at radius 2 is 1.02 bits per heavy atom. The maximum absolute atomic E-state index is 9.82. The normalized spacial score (nSPS) is 11.4. The fraction of sp³-hybridized carbons (Fsp3) is 0.652. The molecule has 5 heteroatoms. The number of hydrogen-bond donors (Lipinski definition) is 0. The number of aryl methyl sites for hydroxylation is 2. The molecule has 0 aliphatic heterocycles. The standard InChI is InChI=1S/C42H64N2.2C2H5O.Ni/c1-5-9-13-15-16-17-18-19-22-29-40(35-44-43)41(32-20-11-7-3)42(38-30-23-27-36(33-38)25-12-8-4)39-31-24-28-37(34-39)26-21-14-10-6-2;2*1-2-3;/h23-24,27-28,30-31,33-34H,5-22,25-26,29,32H2,1-4H3;2*2H2,1H3;/q;2*-1;+2. The number of hydrogen-bond acceptors (Lipinski definition) is 2. The van der Waals surface area contributed by atoms with Gasteiger partial charge in [-0.1, -0.05) is 166 Å². The third kappa shape index (κ3) is 22.4. The van der Waals surface area contributed by atoms with Crippen LogP contribution in [-0.2, 0) is 35.7 Å². The summed E-state index contributed by atoms with van der Waals surface area (Å²) in [5.74, 6) is 3.11. The fourth-order valence-corrected chi connectivity index (χ4v) is 6.76. The first-order valence-electron chi connectivity index (χ1n) is 20.8. The molecule has 0 spiro atoms. The molecule has 0 saturated carbocycles. The average Bonchev–Trinajstić information content (AvgIpc) is 3.15. The van der Waals surface area contributed by atoms with Gasteiger partial charge in [-0.25, -0.2) is 0 Å². The zero-order valence-electron chi connectivity index (χ0n) is 33.6. The second-order valence-electron chi connectivity index (χ2n) is 13.7. The van der Waals surface area contributed by atoms with E-state index in [1.807, 2.05) is 13.8 Å². The van der Waals surface area contributed by atoms with Gasteiger partial charge in [0.2, 0.25) is 0 Å². The third-order valence-corrected chi connectivity index (χ3v) is 10.0. The summed E-state index contributed by atoms with van der Waals surface area (Å²) in [5, 5.41) is 0. The molecule has 0 amide bonds. The van der Waals surface area contributed by atoms with Gasteiger partial charge in [-0.05, 0) is 84.8 Å². The van der Waals surface area contributed by atoms with Crippen molar-refractivity contribution < 1.29 is 27.6 Å². The van der Waals surface area contributed by atoms with Crippen LogP contribution in [0.3, 0.4) is 0 Å². The topological polar surface area (TPSA) is 54.9 Å². The van der Waals surface area contributed by atoms with E-state index in [2.05, 4.69) is 86.9 Å². The van der Waals surface area contributed by atoms with Crippen LogP contribution in [0.25, 0.3) is 11.1 Å². The Bertz CT molecular complexity index is 1260. The molecule has 0 aliphatic rings. The number of allylic oxidation sites excluding steroid dienone is 2. The number of nitrogens with zero attached hydrogens (tertiary/aromatic N) is 2. The van der Waals surface area contributed by atoms with Crippen molar-refractivity contribution in [3.05, 3.63) is 87.5 Å². The zero-order valence-corrected chi connectivity index (χ0v) is 34.6. The molecule has 2 rings (SSSR count). The molecule has 0 N–H and O–H groups in total. The van der Waals surface area contributed by atoms with E-state index in [1.165, 1.54) is 136 Å². The van der Waals surface area contributed by atoms with Crippen LogP contribution in [0.15, 0.2) is 59.7 Å².